The predicted molar refractivity (Wildman–Crippen MR) is 201 cm³/mol. The third kappa shape index (κ3) is 8.33. The molecule has 0 radical (unpaired) electrons. The number of amides is 2. The Labute approximate surface area is 306 Å². The lowest BCUT2D eigenvalue weighted by atomic mass is 10.0. The van der Waals surface area contributed by atoms with Crippen molar-refractivity contribution in [1.82, 2.24) is 10.2 Å². The maximum Gasteiger partial charge on any atom is 0.353 e. The molecule has 0 unspecified atom stereocenters. The highest BCUT2D eigenvalue weighted by Crippen LogP contribution is 2.48. The number of rotatable bonds is 16. The highest BCUT2D eigenvalue weighted by Gasteiger charge is 2.55. The number of carboxylic acid groups (broad SMARTS) is 1. The number of para-hydroxylation sites is 2. The zero-order chi connectivity index (χ0) is 37.0. The van der Waals surface area contributed by atoms with Crippen molar-refractivity contribution >= 4 is 52.0 Å². The van der Waals surface area contributed by atoms with Crippen molar-refractivity contribution in [2.75, 3.05) is 26.4 Å². The van der Waals surface area contributed by atoms with Crippen molar-refractivity contribution in [3.8, 4) is 11.5 Å². The molecule has 0 saturated carbocycles. The second kappa shape index (κ2) is 17.4. The fourth-order valence-corrected chi connectivity index (χ4v) is 10.4. The number of aliphatic carboxylic acids is 1. The largest absolute Gasteiger partial charge is 0.484 e. The molecular formula is C41H37N2O9P. The Bertz CT molecular complexity index is 1960. The zero-order valence-electron chi connectivity index (χ0n) is 28.5. The van der Waals surface area contributed by atoms with E-state index in [1.807, 2.05) is 103 Å². The van der Waals surface area contributed by atoms with E-state index < -0.39 is 49.5 Å². The van der Waals surface area contributed by atoms with Gasteiger partial charge in [0.25, 0.3) is 11.8 Å². The normalized spacial score (nSPS) is 15.1. The van der Waals surface area contributed by atoms with E-state index in [4.69, 9.17) is 18.9 Å². The number of β-lactam (4-membered cyclic amide) rings is 1. The smallest absolute Gasteiger partial charge is 0.353 e. The fraction of sp³-hybridized carbons (Fsp3) is 0.146. The van der Waals surface area contributed by atoms with Crippen molar-refractivity contribution in [2.24, 2.45) is 0 Å². The van der Waals surface area contributed by atoms with E-state index in [9.17, 15) is 24.3 Å². The molecule has 11 nitrogen and oxygen atoms in total. The number of likely N-dealkylation sites (tertiary alicyclic amines) is 1. The molecule has 0 aromatic heterocycles. The molecule has 2 amide bonds. The van der Waals surface area contributed by atoms with Crippen LogP contribution < -0.4 is 30.7 Å². The molecule has 1 fully saturated rings. The summed E-state index contributed by atoms with van der Waals surface area (Å²) < 4.78 is 22.5. The minimum atomic E-state index is -3.32. The van der Waals surface area contributed by atoms with Crippen molar-refractivity contribution < 1.29 is 43.2 Å². The van der Waals surface area contributed by atoms with Gasteiger partial charge in [0, 0.05) is 6.89 Å². The molecule has 5 aromatic carbocycles. The van der Waals surface area contributed by atoms with Crippen molar-refractivity contribution in [3.05, 3.63) is 152 Å². The van der Waals surface area contributed by atoms with Crippen LogP contribution in [0.2, 0.25) is 0 Å². The van der Waals surface area contributed by atoms with Crippen molar-refractivity contribution in [1.29, 1.82) is 0 Å². The van der Waals surface area contributed by atoms with Crippen molar-refractivity contribution in [2.45, 2.75) is 12.3 Å². The van der Waals surface area contributed by atoms with Gasteiger partial charge in [-0.25, -0.2) is 9.59 Å². The lowest BCUT2D eigenvalue weighted by Crippen LogP contribution is -2.74. The first-order chi connectivity index (χ1) is 25.9. The van der Waals surface area contributed by atoms with E-state index in [1.54, 1.807) is 48.5 Å². The predicted octanol–water partition coefficient (Wildman–Crippen LogP) is 3.57. The Morgan fingerprint density at radius 2 is 1.06 bits per heavy atom. The summed E-state index contributed by atoms with van der Waals surface area (Å²) >= 11 is 0. The summed E-state index contributed by atoms with van der Waals surface area (Å²) in [6, 6.07) is 43.8. The summed E-state index contributed by atoms with van der Waals surface area (Å²) in [7, 11) is 0. The minimum Gasteiger partial charge on any atom is -0.484 e. The molecule has 1 heterocycles. The number of nitrogens with one attached hydrogen (secondary N) is 1. The molecule has 12 heteroatoms. The first-order valence-corrected chi connectivity index (χ1v) is 18.6. The highest BCUT2D eigenvalue weighted by atomic mass is 31.2. The van der Waals surface area contributed by atoms with Crippen LogP contribution in [-0.4, -0.2) is 77.9 Å². The van der Waals surface area contributed by atoms with E-state index in [1.165, 1.54) is 0 Å². The summed E-state index contributed by atoms with van der Waals surface area (Å²) in [6.45, 7) is -4.51. The van der Waals surface area contributed by atoms with Crippen LogP contribution in [-0.2, 0) is 28.7 Å². The molecule has 1 saturated heterocycles. The van der Waals surface area contributed by atoms with Crippen LogP contribution >= 0.6 is 6.89 Å². The summed E-state index contributed by atoms with van der Waals surface area (Å²) in [4.78, 5) is 54.7. The van der Waals surface area contributed by atoms with Gasteiger partial charge >= 0.3 is 11.9 Å². The van der Waals surface area contributed by atoms with Gasteiger partial charge in [-0.05, 0) is 40.2 Å². The second-order valence-electron chi connectivity index (χ2n) is 11.7. The first kappa shape index (κ1) is 36.6. The number of carboxylic acids is 1. The number of hydrogen-bond donors (Lipinski definition) is 2. The van der Waals surface area contributed by atoms with Gasteiger partial charge < -0.3 is 29.4 Å². The Kier molecular flexibility index (Phi) is 12.0. The Hall–Kier alpha value is -6.16. The van der Waals surface area contributed by atoms with Gasteiger partial charge in [0.15, 0.2) is 25.5 Å². The third-order valence-electron chi connectivity index (χ3n) is 8.38. The number of nitrogens with zero attached hydrogens (tertiary/aromatic N) is 1. The molecule has 2 N–H and O–H groups in total. The molecule has 0 bridgehead atoms. The van der Waals surface area contributed by atoms with Crippen LogP contribution in [0.25, 0.3) is 0 Å². The molecule has 1 aliphatic rings. The van der Waals surface area contributed by atoms with Gasteiger partial charge in [-0.3, -0.25) is 14.5 Å². The SMILES string of the molecule is O=C(COc1ccccc1)N[C@@H]1C(=O)N(C(C(=O)O)=P(c2ccccc2)(c2ccccc2)c2ccccc2)[C@@H]1OCCOC(=O)COc1ccccc1. The molecule has 0 spiro atoms. The third-order valence-corrected chi connectivity index (χ3v) is 12.6. The number of hydrogen-bond acceptors (Lipinski definition) is 8. The number of esters is 1. The number of ether oxygens (including phenoxy) is 4. The van der Waals surface area contributed by atoms with Gasteiger partial charge in [-0.1, -0.05) is 127 Å². The Balaban J connectivity index is 1.35. The lowest BCUT2D eigenvalue weighted by molar-refractivity contribution is -0.176. The van der Waals surface area contributed by atoms with E-state index in [-0.39, 0.29) is 25.2 Å². The summed E-state index contributed by atoms with van der Waals surface area (Å²) in [5, 5.41) is 15.9. The average molecular weight is 733 g/mol. The molecule has 0 aliphatic carbocycles. The van der Waals surface area contributed by atoms with Crippen LogP contribution in [0.1, 0.15) is 0 Å². The summed E-state index contributed by atoms with van der Waals surface area (Å²) in [5.41, 5.74) is -0.199. The van der Waals surface area contributed by atoms with Crippen LogP contribution in [0.15, 0.2) is 152 Å². The van der Waals surface area contributed by atoms with E-state index >= 15 is 0 Å². The average Bonchev–Trinajstić information content (AvgIpc) is 3.21. The number of carbonyl (C=O) groups is 4. The monoisotopic (exact) mass is 732 g/mol. The minimum absolute atomic E-state index is 0.199. The van der Waals surface area contributed by atoms with Crippen LogP contribution in [0.4, 0.5) is 0 Å². The molecule has 5 aromatic rings. The van der Waals surface area contributed by atoms with Crippen LogP contribution in [0.5, 0.6) is 11.5 Å². The summed E-state index contributed by atoms with van der Waals surface area (Å²) in [5.74, 6) is -2.32. The van der Waals surface area contributed by atoms with E-state index in [0.29, 0.717) is 27.4 Å². The summed E-state index contributed by atoms with van der Waals surface area (Å²) in [6.07, 6.45) is -1.27. The van der Waals surface area contributed by atoms with Gasteiger partial charge in [0.05, 0.1) is 6.61 Å². The molecular weight excluding hydrogens is 695 g/mol. The molecule has 270 valence electrons. The van der Waals surface area contributed by atoms with Gasteiger partial charge in [0.2, 0.25) is 0 Å². The van der Waals surface area contributed by atoms with Gasteiger partial charge in [-0.2, -0.15) is 0 Å². The van der Waals surface area contributed by atoms with Crippen molar-refractivity contribution in [3.63, 3.8) is 0 Å². The second-order valence-corrected chi connectivity index (χ2v) is 15.1. The molecule has 53 heavy (non-hydrogen) atoms. The first-order valence-electron chi connectivity index (χ1n) is 16.8. The standard InChI is InChI=1S/C41H37N2O9P/c44-35(28-51-30-16-6-1-7-17-30)42-37-38(46)43(39(37)50-27-26-49-36(45)29-52-31-18-8-2-9-19-31)40(41(47)48)53(32-20-10-3-11-21-32,33-22-12-4-13-23-33)34-24-14-5-15-25-34/h1-25,37,39H,26-29H2,(H,42,44)(H,47,48)/t37-,39-/m1/s1. The molecule has 2 atom stereocenters. The van der Waals surface area contributed by atoms with E-state index in [2.05, 4.69) is 5.32 Å². The maximum atomic E-state index is 14.3. The topological polar surface area (TPSA) is 141 Å². The zero-order valence-corrected chi connectivity index (χ0v) is 29.4. The lowest BCUT2D eigenvalue weighted by Gasteiger charge is -2.48. The van der Waals surface area contributed by atoms with Gasteiger partial charge in [0.1, 0.15) is 23.5 Å². The molecule has 1 aliphatic heterocycles. The van der Waals surface area contributed by atoms with E-state index in [0.717, 1.165) is 4.90 Å². The quantitative estimate of drug-likeness (QED) is 0.0675. The van der Waals surface area contributed by atoms with Crippen LogP contribution in [0.3, 0.4) is 0 Å². The highest BCUT2D eigenvalue weighted by molar-refractivity contribution is 7.96. The Morgan fingerprint density at radius 3 is 1.51 bits per heavy atom. The fourth-order valence-electron chi connectivity index (χ4n) is 6.08. The molecule has 6 rings (SSSR count). The Morgan fingerprint density at radius 1 is 0.623 bits per heavy atom. The number of benzene rings is 5. The van der Waals surface area contributed by atoms with Gasteiger partial charge in [-0.15, -0.1) is 0 Å². The number of carbonyl (C=O) groups excluding carboxylic acids is 3. The maximum absolute atomic E-state index is 14.3. The van der Waals surface area contributed by atoms with Crippen LogP contribution in [0, 0.1) is 0 Å².